The Kier molecular flexibility index (Phi) is 9.33. The van der Waals surface area contributed by atoms with E-state index >= 15 is 0 Å². The van der Waals surface area contributed by atoms with Gasteiger partial charge in [0.2, 0.25) is 12.2 Å². The highest BCUT2D eigenvalue weighted by Crippen LogP contribution is 2.26. The fraction of sp³-hybridized carbons (Fsp3) is 0.0833. The second-order valence-corrected chi connectivity index (χ2v) is 9.31. The summed E-state index contributed by atoms with van der Waals surface area (Å²) in [6.07, 6.45) is -4.31. The molecule has 0 unspecified atom stereocenters. The Hall–Kier alpha value is -3.11. The van der Waals surface area contributed by atoms with Crippen molar-refractivity contribution >= 4 is 80.2 Å². The maximum atomic E-state index is 13.1. The van der Waals surface area contributed by atoms with Gasteiger partial charge in [0, 0.05) is 14.5 Å². The van der Waals surface area contributed by atoms with Crippen LogP contribution in [0.4, 0.5) is 5.69 Å². The molecule has 12 heteroatoms. The minimum absolute atomic E-state index is 0.0213. The first-order valence-corrected chi connectivity index (χ1v) is 11.9. The molecule has 0 bridgehead atoms. The van der Waals surface area contributed by atoms with Crippen molar-refractivity contribution in [1.82, 2.24) is 0 Å². The zero-order valence-corrected chi connectivity index (χ0v) is 21.8. The van der Waals surface area contributed by atoms with E-state index < -0.39 is 36.0 Å². The van der Waals surface area contributed by atoms with E-state index in [9.17, 15) is 24.3 Å². The Balaban J connectivity index is 1.92. The molecule has 2 atom stereocenters. The fourth-order valence-corrected chi connectivity index (χ4v) is 3.80. The van der Waals surface area contributed by atoms with Crippen LogP contribution in [0.25, 0.3) is 0 Å². The highest BCUT2D eigenvalue weighted by molar-refractivity contribution is 9.10. The van der Waals surface area contributed by atoms with Crippen LogP contribution in [0, 0.1) is 0 Å². The van der Waals surface area contributed by atoms with Gasteiger partial charge < -0.3 is 19.9 Å². The zero-order valence-electron chi connectivity index (χ0n) is 17.9. The lowest BCUT2D eigenvalue weighted by molar-refractivity contribution is -0.157. The number of carboxylic acid groups (broad SMARTS) is 1. The third kappa shape index (κ3) is 7.20. The molecule has 8 nitrogen and oxygen atoms in total. The summed E-state index contributed by atoms with van der Waals surface area (Å²) in [6.45, 7) is 0. The Morgan fingerprint density at radius 2 is 1.22 bits per heavy atom. The third-order valence-electron chi connectivity index (χ3n) is 4.59. The number of esters is 2. The Bertz CT molecular complexity index is 1300. The van der Waals surface area contributed by atoms with Crippen molar-refractivity contribution < 1.29 is 33.8 Å². The quantitative estimate of drug-likeness (QED) is 0.304. The van der Waals surface area contributed by atoms with Gasteiger partial charge in [0.25, 0.3) is 5.91 Å². The number of anilines is 1. The summed E-state index contributed by atoms with van der Waals surface area (Å²) in [4.78, 5) is 50.5. The summed E-state index contributed by atoms with van der Waals surface area (Å²) in [6, 6.07) is 15.4. The number of carboxylic acids is 1. The van der Waals surface area contributed by atoms with Gasteiger partial charge in [-0.3, -0.25) is 4.79 Å². The number of carbonyl (C=O) groups excluding carboxylic acids is 3. The molecule has 0 radical (unpaired) electrons. The van der Waals surface area contributed by atoms with E-state index in [0.717, 1.165) is 0 Å². The lowest BCUT2D eigenvalue weighted by Gasteiger charge is -2.24. The van der Waals surface area contributed by atoms with Gasteiger partial charge in [0.05, 0.1) is 21.8 Å². The van der Waals surface area contributed by atoms with Gasteiger partial charge in [-0.15, -0.1) is 0 Å². The van der Waals surface area contributed by atoms with Crippen molar-refractivity contribution in [2.45, 2.75) is 12.2 Å². The maximum absolute atomic E-state index is 13.1. The number of ether oxygens (including phenoxy) is 2. The van der Waals surface area contributed by atoms with Crippen LogP contribution in [0.1, 0.15) is 20.7 Å². The molecule has 3 aromatic rings. The lowest BCUT2D eigenvalue weighted by atomic mass is 10.1. The Morgan fingerprint density at radius 3 is 1.67 bits per heavy atom. The molecule has 36 heavy (non-hydrogen) atoms. The van der Waals surface area contributed by atoms with Crippen molar-refractivity contribution in [1.29, 1.82) is 0 Å². The van der Waals surface area contributed by atoms with E-state index in [2.05, 4.69) is 21.2 Å². The molecule has 0 spiro atoms. The average molecular weight is 616 g/mol. The molecule has 0 saturated heterocycles. The summed E-state index contributed by atoms with van der Waals surface area (Å²) in [7, 11) is 0. The molecule has 186 valence electrons. The summed E-state index contributed by atoms with van der Waals surface area (Å²) < 4.78 is 10.9. The molecule has 0 heterocycles. The monoisotopic (exact) mass is 613 g/mol. The molecule has 0 fully saturated rings. The molecule has 1 amide bonds. The molecule has 0 aliphatic rings. The predicted octanol–water partition coefficient (Wildman–Crippen LogP) is 5.88. The first kappa shape index (κ1) is 27.5. The van der Waals surface area contributed by atoms with Crippen molar-refractivity contribution in [3.8, 4) is 0 Å². The van der Waals surface area contributed by atoms with E-state index in [0.29, 0.717) is 14.5 Å². The van der Waals surface area contributed by atoms with Gasteiger partial charge >= 0.3 is 17.9 Å². The second kappa shape index (κ2) is 12.2. The molecule has 3 rings (SSSR count). The highest BCUT2D eigenvalue weighted by Gasteiger charge is 2.41. The van der Waals surface area contributed by atoms with Crippen molar-refractivity contribution in [3.63, 3.8) is 0 Å². The molecule has 0 aliphatic heterocycles. The predicted molar refractivity (Wildman–Crippen MR) is 137 cm³/mol. The normalized spacial score (nSPS) is 12.2. The standard InChI is InChI=1S/C24H15BrCl3NO7/c25-14-5-10-18(17(28)11-14)29-21(30)19(35-23(33)12-1-6-15(26)7-2-12)20(22(31)32)36-24(34)13-3-8-16(27)9-4-13/h1-11,19-20H,(H,29,30)(H,31,32)/t19-,20+/m0/s1. The highest BCUT2D eigenvalue weighted by atomic mass is 79.9. The van der Waals surface area contributed by atoms with Crippen LogP contribution in [0.2, 0.25) is 15.1 Å². The Labute approximate surface area is 228 Å². The van der Waals surface area contributed by atoms with E-state index in [1.807, 2.05) is 0 Å². The van der Waals surface area contributed by atoms with E-state index in [1.165, 1.54) is 60.7 Å². The van der Waals surface area contributed by atoms with Crippen LogP contribution in [0.15, 0.2) is 71.2 Å². The van der Waals surface area contributed by atoms with Crippen molar-refractivity contribution in [3.05, 3.63) is 97.4 Å². The van der Waals surface area contributed by atoms with E-state index in [-0.39, 0.29) is 21.8 Å². The smallest absolute Gasteiger partial charge is 0.349 e. The van der Waals surface area contributed by atoms with Crippen molar-refractivity contribution in [2.75, 3.05) is 5.32 Å². The summed E-state index contributed by atoms with van der Waals surface area (Å²) in [5.74, 6) is -4.97. The largest absolute Gasteiger partial charge is 0.478 e. The van der Waals surface area contributed by atoms with Crippen LogP contribution in [0.3, 0.4) is 0 Å². The summed E-state index contributed by atoms with van der Waals surface area (Å²) in [5.41, 5.74) is 0.0439. The number of amides is 1. The van der Waals surface area contributed by atoms with Crippen LogP contribution < -0.4 is 5.32 Å². The lowest BCUT2D eigenvalue weighted by Crippen LogP contribution is -2.48. The van der Waals surface area contributed by atoms with E-state index in [4.69, 9.17) is 44.3 Å². The zero-order chi connectivity index (χ0) is 26.4. The molecule has 0 saturated carbocycles. The number of benzene rings is 3. The average Bonchev–Trinajstić information content (AvgIpc) is 2.83. The van der Waals surface area contributed by atoms with Gasteiger partial charge in [0.15, 0.2) is 0 Å². The summed E-state index contributed by atoms with van der Waals surface area (Å²) >= 11 is 21.0. The number of hydrogen-bond donors (Lipinski definition) is 2. The summed E-state index contributed by atoms with van der Waals surface area (Å²) in [5, 5.41) is 13.0. The molecule has 2 N–H and O–H groups in total. The topological polar surface area (TPSA) is 119 Å². The van der Waals surface area contributed by atoms with E-state index in [1.54, 1.807) is 6.07 Å². The van der Waals surface area contributed by atoms with Gasteiger partial charge in [-0.1, -0.05) is 50.7 Å². The first-order valence-electron chi connectivity index (χ1n) is 9.97. The third-order valence-corrected chi connectivity index (χ3v) is 5.90. The van der Waals surface area contributed by atoms with Gasteiger partial charge in [0.1, 0.15) is 0 Å². The van der Waals surface area contributed by atoms with Crippen LogP contribution in [0.5, 0.6) is 0 Å². The number of rotatable bonds is 8. The molecule has 0 aliphatic carbocycles. The maximum Gasteiger partial charge on any atom is 0.349 e. The molecule has 0 aromatic heterocycles. The number of carbonyl (C=O) groups is 4. The number of aliphatic carboxylic acids is 1. The number of halogens is 4. The molecule has 3 aromatic carbocycles. The second-order valence-electron chi connectivity index (χ2n) is 7.12. The van der Waals surface area contributed by atoms with Gasteiger partial charge in [-0.2, -0.15) is 0 Å². The van der Waals surface area contributed by atoms with Crippen LogP contribution >= 0.6 is 50.7 Å². The van der Waals surface area contributed by atoms with Crippen molar-refractivity contribution in [2.24, 2.45) is 0 Å². The number of hydrogen-bond acceptors (Lipinski definition) is 6. The first-order chi connectivity index (χ1) is 17.0. The minimum Gasteiger partial charge on any atom is -0.478 e. The van der Waals surface area contributed by atoms with Crippen LogP contribution in [-0.4, -0.2) is 41.1 Å². The van der Waals surface area contributed by atoms with Gasteiger partial charge in [-0.05, 0) is 66.7 Å². The minimum atomic E-state index is -2.21. The fourth-order valence-electron chi connectivity index (χ4n) is 2.83. The molecular weight excluding hydrogens is 601 g/mol. The van der Waals surface area contributed by atoms with Gasteiger partial charge in [-0.25, -0.2) is 14.4 Å². The SMILES string of the molecule is O=C(O[C@H](C(=O)Nc1ccc(Br)cc1Cl)[C@@H](OC(=O)c1ccc(Cl)cc1)C(=O)O)c1ccc(Cl)cc1. The van der Waals surface area contributed by atoms with Crippen LogP contribution in [-0.2, 0) is 19.1 Å². The molecular formula is C24H15BrCl3NO7. The Morgan fingerprint density at radius 1 is 0.750 bits per heavy atom. The number of nitrogens with one attached hydrogen (secondary N) is 1.